The number of nitrogen functional groups attached to an aromatic ring is 1. The van der Waals surface area contributed by atoms with Crippen LogP contribution in [0.2, 0.25) is 0 Å². The van der Waals surface area contributed by atoms with Crippen LogP contribution in [0.25, 0.3) is 0 Å². The van der Waals surface area contributed by atoms with Crippen molar-refractivity contribution in [2.75, 3.05) is 17.7 Å². The van der Waals surface area contributed by atoms with Crippen molar-refractivity contribution in [2.24, 2.45) is 0 Å². The highest BCUT2D eigenvalue weighted by molar-refractivity contribution is 5.96. The number of esters is 1. The van der Waals surface area contributed by atoms with Crippen molar-refractivity contribution in [1.82, 2.24) is 0 Å². The van der Waals surface area contributed by atoms with Gasteiger partial charge in [0, 0.05) is 11.4 Å². The molecule has 0 atom stereocenters. The quantitative estimate of drug-likeness (QED) is 0.667. The summed E-state index contributed by atoms with van der Waals surface area (Å²) in [7, 11) is 0. The first-order chi connectivity index (χ1) is 11.3. The summed E-state index contributed by atoms with van der Waals surface area (Å²) >= 11 is 0. The van der Waals surface area contributed by atoms with Crippen LogP contribution in [0.15, 0.2) is 30.3 Å². The van der Waals surface area contributed by atoms with Gasteiger partial charge in [0.25, 0.3) is 5.91 Å². The first-order valence-corrected chi connectivity index (χ1v) is 7.69. The van der Waals surface area contributed by atoms with E-state index in [4.69, 9.17) is 10.5 Å². The molecule has 0 saturated heterocycles. The largest absolute Gasteiger partial charge is 0.452 e. The summed E-state index contributed by atoms with van der Waals surface area (Å²) in [5.74, 6) is -0.951. The Kier molecular flexibility index (Phi) is 5.24. The molecule has 2 aromatic carbocycles. The van der Waals surface area contributed by atoms with E-state index in [0.717, 1.165) is 27.9 Å². The van der Waals surface area contributed by atoms with Crippen LogP contribution in [0.3, 0.4) is 0 Å². The minimum Gasteiger partial charge on any atom is -0.452 e. The standard InChI is InChI=1S/C19H22N2O3/c1-11-7-13(3)18(14(4)8-11)21-17(22)10-24-19(23)15-6-5-12(2)16(20)9-15/h5-9H,10,20H2,1-4H3,(H,21,22). The second-order valence-corrected chi connectivity index (χ2v) is 5.97. The number of carbonyl (C=O) groups is 2. The Balaban J connectivity index is 1.98. The molecule has 0 heterocycles. The normalized spacial score (nSPS) is 10.3. The minimum absolute atomic E-state index is 0.327. The number of amides is 1. The Morgan fingerprint density at radius 1 is 1.00 bits per heavy atom. The number of hydrogen-bond donors (Lipinski definition) is 2. The number of carbonyl (C=O) groups excluding carboxylic acids is 2. The zero-order valence-corrected chi connectivity index (χ0v) is 14.4. The third-order valence-electron chi connectivity index (χ3n) is 3.79. The number of anilines is 2. The zero-order chi connectivity index (χ0) is 17.9. The highest BCUT2D eigenvalue weighted by Crippen LogP contribution is 2.21. The summed E-state index contributed by atoms with van der Waals surface area (Å²) in [6.07, 6.45) is 0. The Hall–Kier alpha value is -2.82. The van der Waals surface area contributed by atoms with Crippen LogP contribution in [0.5, 0.6) is 0 Å². The Labute approximate surface area is 141 Å². The molecule has 0 aliphatic heterocycles. The molecule has 0 fully saturated rings. The number of nitrogens with one attached hydrogen (secondary N) is 1. The molecular formula is C19H22N2O3. The van der Waals surface area contributed by atoms with Crippen LogP contribution in [-0.2, 0) is 9.53 Å². The molecule has 0 aromatic heterocycles. The smallest absolute Gasteiger partial charge is 0.338 e. The number of ether oxygens (including phenoxy) is 1. The van der Waals surface area contributed by atoms with E-state index in [0.29, 0.717) is 11.3 Å². The summed E-state index contributed by atoms with van der Waals surface area (Å²) in [5, 5.41) is 2.79. The molecule has 0 aliphatic rings. The van der Waals surface area contributed by atoms with Gasteiger partial charge in [-0.05, 0) is 56.5 Å². The Morgan fingerprint density at radius 3 is 2.21 bits per heavy atom. The molecule has 0 unspecified atom stereocenters. The van der Waals surface area contributed by atoms with Gasteiger partial charge in [-0.3, -0.25) is 4.79 Å². The van der Waals surface area contributed by atoms with E-state index < -0.39 is 5.97 Å². The third-order valence-corrected chi connectivity index (χ3v) is 3.79. The fourth-order valence-corrected chi connectivity index (χ4v) is 2.53. The molecule has 126 valence electrons. The van der Waals surface area contributed by atoms with Crippen molar-refractivity contribution in [3.8, 4) is 0 Å². The van der Waals surface area contributed by atoms with Crippen molar-refractivity contribution in [3.05, 3.63) is 58.1 Å². The molecule has 5 heteroatoms. The first-order valence-electron chi connectivity index (χ1n) is 7.69. The average molecular weight is 326 g/mol. The second kappa shape index (κ2) is 7.17. The van der Waals surface area contributed by atoms with E-state index in [9.17, 15) is 9.59 Å². The molecule has 24 heavy (non-hydrogen) atoms. The molecule has 0 bridgehead atoms. The predicted molar refractivity (Wildman–Crippen MR) is 95.2 cm³/mol. The number of aryl methyl sites for hydroxylation is 4. The summed E-state index contributed by atoms with van der Waals surface area (Å²) in [6, 6.07) is 8.89. The monoisotopic (exact) mass is 326 g/mol. The van der Waals surface area contributed by atoms with E-state index >= 15 is 0 Å². The van der Waals surface area contributed by atoms with Crippen LogP contribution in [-0.4, -0.2) is 18.5 Å². The van der Waals surface area contributed by atoms with E-state index in [1.807, 2.05) is 39.8 Å². The maximum absolute atomic E-state index is 12.0. The maximum atomic E-state index is 12.0. The van der Waals surface area contributed by atoms with Crippen LogP contribution in [0, 0.1) is 27.7 Å². The van der Waals surface area contributed by atoms with Gasteiger partial charge in [0.15, 0.2) is 6.61 Å². The van der Waals surface area contributed by atoms with Crippen LogP contribution in [0.1, 0.15) is 32.6 Å². The first kappa shape index (κ1) is 17.5. The fraction of sp³-hybridized carbons (Fsp3) is 0.263. The van der Waals surface area contributed by atoms with E-state index in [1.54, 1.807) is 18.2 Å². The van der Waals surface area contributed by atoms with Crippen LogP contribution >= 0.6 is 0 Å². The van der Waals surface area contributed by atoms with Crippen molar-refractivity contribution in [2.45, 2.75) is 27.7 Å². The highest BCUT2D eigenvalue weighted by atomic mass is 16.5. The van der Waals surface area contributed by atoms with Crippen molar-refractivity contribution in [3.63, 3.8) is 0 Å². The summed E-state index contributed by atoms with van der Waals surface area (Å²) in [5.41, 5.74) is 11.3. The van der Waals surface area contributed by atoms with Gasteiger partial charge in [-0.25, -0.2) is 4.79 Å². The number of hydrogen-bond acceptors (Lipinski definition) is 4. The van der Waals surface area contributed by atoms with Gasteiger partial charge in [-0.15, -0.1) is 0 Å². The molecule has 1 amide bonds. The van der Waals surface area contributed by atoms with Crippen LogP contribution in [0.4, 0.5) is 11.4 Å². The molecule has 0 radical (unpaired) electrons. The second-order valence-electron chi connectivity index (χ2n) is 5.97. The molecule has 5 nitrogen and oxygen atoms in total. The lowest BCUT2D eigenvalue weighted by Crippen LogP contribution is -2.22. The van der Waals surface area contributed by atoms with Gasteiger partial charge in [0.05, 0.1) is 5.56 Å². The summed E-state index contributed by atoms with van der Waals surface area (Å²) < 4.78 is 5.05. The maximum Gasteiger partial charge on any atom is 0.338 e. The lowest BCUT2D eigenvalue weighted by Gasteiger charge is -2.13. The number of rotatable bonds is 4. The molecule has 0 spiro atoms. The molecule has 0 aliphatic carbocycles. The molecule has 2 aromatic rings. The lowest BCUT2D eigenvalue weighted by atomic mass is 10.1. The van der Waals surface area contributed by atoms with Crippen molar-refractivity contribution in [1.29, 1.82) is 0 Å². The zero-order valence-electron chi connectivity index (χ0n) is 14.4. The number of nitrogens with two attached hydrogens (primary N) is 1. The van der Waals surface area contributed by atoms with Gasteiger partial charge >= 0.3 is 5.97 Å². The van der Waals surface area contributed by atoms with Gasteiger partial charge in [0.1, 0.15) is 0 Å². The fourth-order valence-electron chi connectivity index (χ4n) is 2.53. The summed E-state index contributed by atoms with van der Waals surface area (Å²) in [6.45, 7) is 7.36. The van der Waals surface area contributed by atoms with Gasteiger partial charge in [0.2, 0.25) is 0 Å². The van der Waals surface area contributed by atoms with Crippen molar-refractivity contribution < 1.29 is 14.3 Å². The van der Waals surface area contributed by atoms with Crippen LogP contribution < -0.4 is 11.1 Å². The van der Waals surface area contributed by atoms with E-state index in [-0.39, 0.29) is 12.5 Å². The molecular weight excluding hydrogens is 304 g/mol. The summed E-state index contributed by atoms with van der Waals surface area (Å²) in [4.78, 5) is 24.0. The predicted octanol–water partition coefficient (Wildman–Crippen LogP) is 3.30. The average Bonchev–Trinajstić information content (AvgIpc) is 2.51. The molecule has 3 N–H and O–H groups in total. The number of benzene rings is 2. The topological polar surface area (TPSA) is 81.4 Å². The van der Waals surface area contributed by atoms with Gasteiger partial charge in [-0.2, -0.15) is 0 Å². The third kappa shape index (κ3) is 4.13. The Bertz CT molecular complexity index is 774. The Morgan fingerprint density at radius 2 is 1.62 bits per heavy atom. The minimum atomic E-state index is -0.575. The van der Waals surface area contributed by atoms with E-state index in [1.165, 1.54) is 0 Å². The van der Waals surface area contributed by atoms with Gasteiger partial charge < -0.3 is 15.8 Å². The molecule has 2 rings (SSSR count). The van der Waals surface area contributed by atoms with Crippen molar-refractivity contribution >= 4 is 23.3 Å². The SMILES string of the molecule is Cc1cc(C)c(NC(=O)COC(=O)c2ccc(C)c(N)c2)c(C)c1. The van der Waals surface area contributed by atoms with E-state index in [2.05, 4.69) is 5.32 Å². The highest BCUT2D eigenvalue weighted by Gasteiger charge is 2.13. The lowest BCUT2D eigenvalue weighted by molar-refractivity contribution is -0.119. The molecule has 0 saturated carbocycles. The van der Waals surface area contributed by atoms with Gasteiger partial charge in [-0.1, -0.05) is 23.8 Å².